The van der Waals surface area contributed by atoms with Gasteiger partial charge in [-0.2, -0.15) is 0 Å². The van der Waals surface area contributed by atoms with Gasteiger partial charge in [-0.05, 0) is 73.3 Å². The summed E-state index contributed by atoms with van der Waals surface area (Å²) in [4.78, 5) is 23.1. The van der Waals surface area contributed by atoms with Crippen LogP contribution in [-0.2, 0) is 19.6 Å². The molecule has 0 saturated carbocycles. The Morgan fingerprint density at radius 1 is 1.06 bits per heavy atom. The summed E-state index contributed by atoms with van der Waals surface area (Å²) in [5.74, 6) is -2.16. The Labute approximate surface area is 210 Å². The monoisotopic (exact) mass is 520 g/mol. The molecule has 1 fully saturated rings. The first-order chi connectivity index (χ1) is 17.0. The fourth-order valence-electron chi connectivity index (χ4n) is 4.31. The molecule has 0 aromatic heterocycles. The molecule has 1 atom stereocenters. The molecule has 5 N–H and O–H groups in total. The number of piperazine rings is 1. The Morgan fingerprint density at radius 3 is 2.28 bits per heavy atom. The van der Waals surface area contributed by atoms with Gasteiger partial charge in [0, 0.05) is 43.2 Å². The predicted octanol–water partition coefficient (Wildman–Crippen LogP) is 1.87. The highest BCUT2D eigenvalue weighted by Crippen LogP contribution is 2.37. The van der Waals surface area contributed by atoms with Crippen molar-refractivity contribution in [3.05, 3.63) is 48.0 Å². The van der Waals surface area contributed by atoms with Crippen LogP contribution in [0.2, 0.25) is 0 Å². The Hall–Kier alpha value is -3.51. The molecule has 12 heteroatoms. The zero-order chi connectivity index (χ0) is 26.3. The number of nitrogens with two attached hydrogens (primary N) is 1. The number of nitrogens with zero attached hydrogens (tertiary/aromatic N) is 2. The summed E-state index contributed by atoms with van der Waals surface area (Å²) in [6, 6.07) is 13.6. The van der Waals surface area contributed by atoms with Crippen LogP contribution in [-0.4, -0.2) is 81.1 Å². The highest BCUT2D eigenvalue weighted by Gasteiger charge is 2.24. The number of benzene rings is 2. The van der Waals surface area contributed by atoms with Crippen LogP contribution in [0.25, 0.3) is 0 Å². The molecule has 1 unspecified atom stereocenters. The molecule has 2 aromatic rings. The highest BCUT2D eigenvalue weighted by molar-refractivity contribution is 7.92. The first-order valence-electron chi connectivity index (χ1n) is 11.6. The summed E-state index contributed by atoms with van der Waals surface area (Å²) in [6.07, 6.45) is 3.32. The maximum atomic E-state index is 11.3. The molecule has 0 amide bonds. The van der Waals surface area contributed by atoms with Crippen LogP contribution in [0.4, 0.5) is 17.1 Å². The van der Waals surface area contributed by atoms with Gasteiger partial charge in [0.2, 0.25) is 10.0 Å². The normalized spacial score (nSPS) is 17.7. The van der Waals surface area contributed by atoms with E-state index in [1.807, 2.05) is 36.4 Å². The van der Waals surface area contributed by atoms with Crippen molar-refractivity contribution in [3.63, 3.8) is 0 Å². The maximum Gasteiger partial charge on any atom is 0.414 e. The van der Waals surface area contributed by atoms with E-state index in [0.717, 1.165) is 75.6 Å². The molecular formula is C24H32N4O7S. The maximum absolute atomic E-state index is 11.3. The minimum atomic E-state index is -3.24. The Bertz CT molecular complexity index is 1150. The first-order valence-corrected chi connectivity index (χ1v) is 13.4. The molecule has 196 valence electrons. The first kappa shape index (κ1) is 27.1. The van der Waals surface area contributed by atoms with Gasteiger partial charge in [0.1, 0.15) is 5.75 Å². The molecule has 11 nitrogen and oxygen atoms in total. The van der Waals surface area contributed by atoms with Crippen molar-refractivity contribution in [2.24, 2.45) is 0 Å². The number of ether oxygens (including phenoxy) is 1. The van der Waals surface area contributed by atoms with Gasteiger partial charge in [-0.25, -0.2) is 18.0 Å². The lowest BCUT2D eigenvalue weighted by Gasteiger charge is -2.37. The summed E-state index contributed by atoms with van der Waals surface area (Å²) < 4.78 is 31.0. The number of fused-ring (bicyclic) bond motifs is 1. The molecule has 0 spiro atoms. The molecule has 0 radical (unpaired) electrons. The van der Waals surface area contributed by atoms with Gasteiger partial charge in [-0.15, -0.1) is 0 Å². The standard InChI is InChI=1S/C22H30N4O3S.C2H2O4/c1-30(27,28)24-19-3-5-20(6-4-19)26-13-11-25(12-14-26)10-8-17-9-15-29-22-7-2-18(23)16-21(17)22;3-1(4)2(5)6/h2-7,16-17,24H,8-15,23H2,1H3;(H,3,4)(H,5,6). The number of rotatable bonds is 6. The van der Waals surface area contributed by atoms with Crippen molar-refractivity contribution in [3.8, 4) is 5.75 Å². The number of hydrogen-bond donors (Lipinski definition) is 4. The Kier molecular flexibility index (Phi) is 8.99. The number of anilines is 3. The van der Waals surface area contributed by atoms with Crippen molar-refractivity contribution in [1.29, 1.82) is 0 Å². The molecule has 2 aliphatic heterocycles. The van der Waals surface area contributed by atoms with Crippen molar-refractivity contribution in [2.45, 2.75) is 18.8 Å². The van der Waals surface area contributed by atoms with E-state index in [1.54, 1.807) is 0 Å². The average molecular weight is 521 g/mol. The van der Waals surface area contributed by atoms with Crippen molar-refractivity contribution >= 4 is 39.0 Å². The minimum absolute atomic E-state index is 0.505. The van der Waals surface area contributed by atoms with Gasteiger partial charge in [-0.3, -0.25) is 9.62 Å². The second kappa shape index (κ2) is 12.0. The smallest absolute Gasteiger partial charge is 0.414 e. The summed E-state index contributed by atoms with van der Waals surface area (Å²) in [7, 11) is -3.24. The lowest BCUT2D eigenvalue weighted by Crippen LogP contribution is -2.46. The van der Waals surface area contributed by atoms with Gasteiger partial charge < -0.3 is 25.6 Å². The van der Waals surface area contributed by atoms with Crippen LogP contribution in [0, 0.1) is 0 Å². The van der Waals surface area contributed by atoms with E-state index in [1.165, 1.54) is 5.56 Å². The number of aliphatic carboxylic acids is 2. The van der Waals surface area contributed by atoms with E-state index in [-0.39, 0.29) is 0 Å². The van der Waals surface area contributed by atoms with Crippen LogP contribution < -0.4 is 20.1 Å². The second-order valence-corrected chi connectivity index (χ2v) is 10.5. The number of nitrogens with one attached hydrogen (secondary N) is 1. The fourth-order valence-corrected chi connectivity index (χ4v) is 4.87. The molecule has 2 heterocycles. The van der Waals surface area contributed by atoms with Gasteiger partial charge in [0.15, 0.2) is 0 Å². The van der Waals surface area contributed by atoms with Crippen LogP contribution in [0.5, 0.6) is 5.75 Å². The summed E-state index contributed by atoms with van der Waals surface area (Å²) in [5.41, 5.74) is 9.76. The highest BCUT2D eigenvalue weighted by atomic mass is 32.2. The van der Waals surface area contributed by atoms with Gasteiger partial charge in [-0.1, -0.05) is 0 Å². The largest absolute Gasteiger partial charge is 0.493 e. The molecule has 1 saturated heterocycles. The fraction of sp³-hybridized carbons (Fsp3) is 0.417. The van der Waals surface area contributed by atoms with Gasteiger partial charge in [0.25, 0.3) is 0 Å². The number of nitrogen functional groups attached to an aromatic ring is 1. The number of carboxylic acid groups (broad SMARTS) is 2. The number of sulfonamides is 1. The SMILES string of the molecule is CS(=O)(=O)Nc1ccc(N2CCN(CCC3CCOc4ccc(N)cc43)CC2)cc1.O=C(O)C(=O)O. The quantitative estimate of drug-likeness (QED) is 0.327. The summed E-state index contributed by atoms with van der Waals surface area (Å²) in [6.45, 7) is 5.84. The second-order valence-electron chi connectivity index (χ2n) is 8.78. The lowest BCUT2D eigenvalue weighted by atomic mass is 9.89. The molecule has 2 aromatic carbocycles. The third-order valence-corrected chi connectivity index (χ3v) is 6.69. The predicted molar refractivity (Wildman–Crippen MR) is 137 cm³/mol. The van der Waals surface area contributed by atoms with Crippen molar-refractivity contribution < 1.29 is 33.0 Å². The van der Waals surface area contributed by atoms with Crippen molar-refractivity contribution in [2.75, 3.05) is 60.9 Å². The Morgan fingerprint density at radius 2 is 1.69 bits per heavy atom. The number of carboxylic acids is 2. The van der Waals surface area contributed by atoms with Crippen LogP contribution in [0.15, 0.2) is 42.5 Å². The molecule has 0 aliphatic carbocycles. The zero-order valence-corrected chi connectivity index (χ0v) is 20.9. The molecule has 36 heavy (non-hydrogen) atoms. The van der Waals surface area contributed by atoms with Gasteiger partial charge in [0.05, 0.1) is 12.9 Å². The number of carbonyl (C=O) groups is 2. The van der Waals surface area contributed by atoms with E-state index in [4.69, 9.17) is 30.3 Å². The number of hydrogen-bond acceptors (Lipinski definition) is 8. The minimum Gasteiger partial charge on any atom is -0.493 e. The third-order valence-electron chi connectivity index (χ3n) is 6.08. The summed E-state index contributed by atoms with van der Waals surface area (Å²) in [5, 5.41) is 14.8. The molecule has 4 rings (SSSR count). The topological polar surface area (TPSA) is 162 Å². The Balaban J connectivity index is 0.000000538. The lowest BCUT2D eigenvalue weighted by molar-refractivity contribution is -0.159. The zero-order valence-electron chi connectivity index (χ0n) is 20.1. The van der Waals surface area contributed by atoms with E-state index >= 15 is 0 Å². The van der Waals surface area contributed by atoms with Crippen molar-refractivity contribution in [1.82, 2.24) is 4.90 Å². The molecule has 2 aliphatic rings. The van der Waals surface area contributed by atoms with Crippen LogP contribution in [0.1, 0.15) is 24.3 Å². The average Bonchev–Trinajstić information content (AvgIpc) is 2.83. The van der Waals surface area contributed by atoms with E-state index < -0.39 is 22.0 Å². The van der Waals surface area contributed by atoms with E-state index in [9.17, 15) is 8.42 Å². The third kappa shape index (κ3) is 8.02. The van der Waals surface area contributed by atoms with Gasteiger partial charge >= 0.3 is 11.9 Å². The van der Waals surface area contributed by atoms with E-state index in [0.29, 0.717) is 11.6 Å². The summed E-state index contributed by atoms with van der Waals surface area (Å²) >= 11 is 0. The van der Waals surface area contributed by atoms with Crippen LogP contribution >= 0.6 is 0 Å². The molecular weight excluding hydrogens is 488 g/mol. The van der Waals surface area contributed by atoms with E-state index in [2.05, 4.69) is 20.6 Å². The molecule has 0 bridgehead atoms. The van der Waals surface area contributed by atoms with Crippen LogP contribution in [0.3, 0.4) is 0 Å².